The van der Waals surface area contributed by atoms with E-state index in [-0.39, 0.29) is 18.2 Å². The summed E-state index contributed by atoms with van der Waals surface area (Å²) in [7, 11) is 0. The third-order valence-corrected chi connectivity index (χ3v) is 4.91. The lowest BCUT2D eigenvalue weighted by Gasteiger charge is -2.35. The molecule has 2 fully saturated rings. The molecule has 8 heteroatoms. The van der Waals surface area contributed by atoms with E-state index in [1.165, 1.54) is 0 Å². The highest BCUT2D eigenvalue weighted by Crippen LogP contribution is 2.31. The van der Waals surface area contributed by atoms with E-state index >= 15 is 0 Å². The van der Waals surface area contributed by atoms with Gasteiger partial charge in [0.05, 0.1) is 19.1 Å². The van der Waals surface area contributed by atoms with Crippen molar-refractivity contribution in [3.8, 4) is 0 Å². The summed E-state index contributed by atoms with van der Waals surface area (Å²) in [5.41, 5.74) is 1.04. The largest absolute Gasteiger partial charge is 0.389 e. The summed E-state index contributed by atoms with van der Waals surface area (Å²) in [5, 5.41) is 3.38. The quantitative estimate of drug-likeness (QED) is 0.876. The Kier molecular flexibility index (Phi) is 5.55. The van der Waals surface area contributed by atoms with Crippen molar-refractivity contribution in [1.29, 1.82) is 0 Å². The van der Waals surface area contributed by atoms with Gasteiger partial charge in [0.15, 0.2) is 0 Å². The Morgan fingerprint density at radius 2 is 2.00 bits per heavy atom. The highest BCUT2D eigenvalue weighted by Gasteiger charge is 2.38. The van der Waals surface area contributed by atoms with Crippen LogP contribution in [0.25, 0.3) is 0 Å². The van der Waals surface area contributed by atoms with Gasteiger partial charge >= 0.3 is 6.18 Å². The van der Waals surface area contributed by atoms with Crippen molar-refractivity contribution in [2.75, 3.05) is 19.7 Å². The van der Waals surface area contributed by atoms with Gasteiger partial charge in [-0.1, -0.05) is 23.7 Å². The summed E-state index contributed by atoms with van der Waals surface area (Å²) in [5.74, 6) is -0.544. The molecule has 0 unspecified atom stereocenters. The van der Waals surface area contributed by atoms with Crippen molar-refractivity contribution >= 4 is 17.5 Å². The number of nitrogens with zero attached hydrogens (tertiary/aromatic N) is 1. The maximum atomic E-state index is 12.2. The van der Waals surface area contributed by atoms with Crippen molar-refractivity contribution in [2.24, 2.45) is 0 Å². The Bertz CT molecular complexity index is 609. The lowest BCUT2D eigenvalue weighted by molar-refractivity contribution is -0.144. The van der Waals surface area contributed by atoms with Crippen molar-refractivity contribution in [3.63, 3.8) is 0 Å². The first kappa shape index (κ1) is 18.5. The molecule has 25 heavy (non-hydrogen) atoms. The van der Waals surface area contributed by atoms with E-state index in [1.54, 1.807) is 0 Å². The van der Waals surface area contributed by atoms with Crippen LogP contribution in [-0.2, 0) is 9.53 Å². The first-order valence-electron chi connectivity index (χ1n) is 8.27. The highest BCUT2D eigenvalue weighted by atomic mass is 35.5. The lowest BCUT2D eigenvalue weighted by Crippen LogP contribution is -2.43. The molecule has 0 bridgehead atoms. The van der Waals surface area contributed by atoms with Gasteiger partial charge in [0.25, 0.3) is 0 Å². The maximum Gasteiger partial charge on any atom is 0.389 e. The van der Waals surface area contributed by atoms with Crippen molar-refractivity contribution in [3.05, 3.63) is 34.9 Å². The van der Waals surface area contributed by atoms with Crippen LogP contribution in [0.3, 0.4) is 0 Å². The van der Waals surface area contributed by atoms with Gasteiger partial charge in [0.2, 0.25) is 5.91 Å². The van der Waals surface area contributed by atoms with E-state index in [1.807, 2.05) is 24.3 Å². The molecule has 0 saturated carbocycles. The molecule has 0 radical (unpaired) electrons. The summed E-state index contributed by atoms with van der Waals surface area (Å²) in [6.45, 7) is 1.87. The molecule has 2 saturated heterocycles. The van der Waals surface area contributed by atoms with Crippen LogP contribution < -0.4 is 5.32 Å². The molecule has 0 aromatic heterocycles. The number of rotatable bonds is 4. The van der Waals surface area contributed by atoms with Gasteiger partial charge in [-0.2, -0.15) is 13.2 Å². The molecule has 2 aliphatic rings. The molecule has 3 atom stereocenters. The number of hydrogen-bond acceptors (Lipinski definition) is 3. The number of carbonyl (C=O) groups is 1. The third-order valence-electron chi connectivity index (χ3n) is 4.66. The number of carbonyl (C=O) groups excluding carboxylic acids is 1. The fraction of sp³-hybridized carbons (Fsp3) is 0.588. The van der Waals surface area contributed by atoms with Crippen LogP contribution in [0.4, 0.5) is 13.2 Å². The van der Waals surface area contributed by atoms with Crippen molar-refractivity contribution in [2.45, 2.75) is 43.6 Å². The van der Waals surface area contributed by atoms with Crippen LogP contribution in [0, 0.1) is 0 Å². The molecule has 0 aliphatic carbocycles. The summed E-state index contributed by atoms with van der Waals surface area (Å²) in [6, 6.07) is 7.56. The molecule has 3 rings (SSSR count). The van der Waals surface area contributed by atoms with Crippen LogP contribution >= 0.6 is 11.6 Å². The van der Waals surface area contributed by atoms with Crippen LogP contribution in [0.15, 0.2) is 24.3 Å². The number of benzene rings is 1. The number of amides is 1. The number of morpholine rings is 1. The molecule has 1 amide bonds. The summed E-state index contributed by atoms with van der Waals surface area (Å²) < 4.78 is 42.5. The number of halogens is 4. The second-order valence-electron chi connectivity index (χ2n) is 6.60. The predicted octanol–water partition coefficient (Wildman–Crippen LogP) is 3.31. The van der Waals surface area contributed by atoms with Crippen LogP contribution in [0.1, 0.15) is 30.9 Å². The third kappa shape index (κ3) is 5.09. The highest BCUT2D eigenvalue weighted by molar-refractivity contribution is 6.30. The van der Waals surface area contributed by atoms with E-state index < -0.39 is 24.9 Å². The SMILES string of the molecule is O=C(CCC(F)(F)F)N[C@H]1C[C@H]2CO[C@@H](c3ccc(Cl)cc3)CN2C1. The number of ether oxygens (including phenoxy) is 1. The Hall–Kier alpha value is -1.31. The molecule has 4 nitrogen and oxygen atoms in total. The van der Waals surface area contributed by atoms with Gasteiger partial charge in [-0.05, 0) is 24.1 Å². The van der Waals surface area contributed by atoms with Crippen molar-refractivity contribution < 1.29 is 22.7 Å². The maximum absolute atomic E-state index is 12.2. The fourth-order valence-electron chi connectivity index (χ4n) is 3.41. The minimum Gasteiger partial charge on any atom is -0.371 e. The molecule has 1 N–H and O–H groups in total. The Balaban J connectivity index is 1.50. The number of hydrogen-bond donors (Lipinski definition) is 1. The fourth-order valence-corrected chi connectivity index (χ4v) is 3.54. The molecule has 2 aliphatic heterocycles. The average molecular weight is 377 g/mol. The molecule has 0 spiro atoms. The number of nitrogens with one attached hydrogen (secondary N) is 1. The first-order chi connectivity index (χ1) is 11.8. The molecule has 1 aromatic rings. The van der Waals surface area contributed by atoms with Crippen LogP contribution in [0.5, 0.6) is 0 Å². The second-order valence-corrected chi connectivity index (χ2v) is 7.03. The molecular weight excluding hydrogens is 357 g/mol. The van der Waals surface area contributed by atoms with Gasteiger partial charge in [0, 0.05) is 36.6 Å². The zero-order chi connectivity index (χ0) is 18.0. The zero-order valence-corrected chi connectivity index (χ0v) is 14.3. The Morgan fingerprint density at radius 1 is 1.28 bits per heavy atom. The van der Waals surface area contributed by atoms with E-state index in [0.717, 1.165) is 5.56 Å². The normalized spacial score (nSPS) is 27.1. The lowest BCUT2D eigenvalue weighted by atomic mass is 10.1. The van der Waals surface area contributed by atoms with Gasteiger partial charge in [-0.15, -0.1) is 0 Å². The minimum atomic E-state index is -4.30. The van der Waals surface area contributed by atoms with E-state index in [9.17, 15) is 18.0 Å². The minimum absolute atomic E-state index is 0.0619. The monoisotopic (exact) mass is 376 g/mol. The van der Waals surface area contributed by atoms with E-state index in [2.05, 4.69) is 10.2 Å². The van der Waals surface area contributed by atoms with E-state index in [0.29, 0.717) is 31.1 Å². The van der Waals surface area contributed by atoms with E-state index in [4.69, 9.17) is 16.3 Å². The van der Waals surface area contributed by atoms with Gasteiger partial charge in [0.1, 0.15) is 0 Å². The zero-order valence-electron chi connectivity index (χ0n) is 13.6. The van der Waals surface area contributed by atoms with Crippen LogP contribution in [-0.4, -0.2) is 48.8 Å². The Labute approximate surface area is 149 Å². The molecule has 1 aromatic carbocycles. The summed E-state index contributed by atoms with van der Waals surface area (Å²) in [4.78, 5) is 13.9. The average Bonchev–Trinajstić information content (AvgIpc) is 2.94. The summed E-state index contributed by atoms with van der Waals surface area (Å²) in [6.07, 6.45) is -5.27. The second kappa shape index (κ2) is 7.51. The summed E-state index contributed by atoms with van der Waals surface area (Å²) >= 11 is 5.90. The van der Waals surface area contributed by atoms with Crippen LogP contribution in [0.2, 0.25) is 5.02 Å². The molecule has 138 valence electrons. The Morgan fingerprint density at radius 3 is 2.68 bits per heavy atom. The predicted molar refractivity (Wildman–Crippen MR) is 87.3 cm³/mol. The topological polar surface area (TPSA) is 41.6 Å². The molecular formula is C17H20ClF3N2O2. The number of alkyl halides is 3. The van der Waals surface area contributed by atoms with Crippen molar-refractivity contribution in [1.82, 2.24) is 10.2 Å². The smallest absolute Gasteiger partial charge is 0.371 e. The first-order valence-corrected chi connectivity index (χ1v) is 8.65. The van der Waals surface area contributed by atoms with Gasteiger partial charge in [-0.25, -0.2) is 0 Å². The van der Waals surface area contributed by atoms with Gasteiger partial charge < -0.3 is 10.1 Å². The standard InChI is InChI=1S/C17H20ClF3N2O2/c18-12-3-1-11(2-4-12)15-9-23-8-13(7-14(23)10-25-15)22-16(24)5-6-17(19,20)21/h1-4,13-15H,5-10H2,(H,22,24)/t13-,14-,15+/m0/s1. The van der Waals surface area contributed by atoms with Gasteiger partial charge in [-0.3, -0.25) is 9.69 Å². The number of fused-ring (bicyclic) bond motifs is 1. The molecule has 2 heterocycles.